The second-order valence-electron chi connectivity index (χ2n) is 4.88. The molecule has 1 atom stereocenters. The Labute approximate surface area is 140 Å². The predicted molar refractivity (Wildman–Crippen MR) is 89.7 cm³/mol. The summed E-state index contributed by atoms with van der Waals surface area (Å²) in [5, 5.41) is 11.0. The van der Waals surface area contributed by atoms with E-state index in [2.05, 4.69) is 5.32 Å². The maximum atomic E-state index is 11.6. The van der Waals surface area contributed by atoms with Crippen molar-refractivity contribution in [3.63, 3.8) is 0 Å². The zero-order valence-corrected chi connectivity index (χ0v) is 14.2. The molecule has 0 aliphatic rings. The van der Waals surface area contributed by atoms with E-state index in [1.165, 1.54) is 11.8 Å². The van der Waals surface area contributed by atoms with Crippen LogP contribution in [-0.2, 0) is 15.3 Å². The standard InChI is InChI=1S/C16H23NO5S/c1-3-4-9-22-16(20)17-14(10-15(18)19)23-11-12-5-7-13(21-2)8-6-12/h5-8,14H,3-4,9-11H2,1-2H3,(H,17,20)(H,18,19). The number of hydrogen-bond acceptors (Lipinski definition) is 5. The monoisotopic (exact) mass is 341 g/mol. The number of carboxylic acids is 1. The van der Waals surface area contributed by atoms with Gasteiger partial charge in [0.25, 0.3) is 0 Å². The van der Waals surface area contributed by atoms with Crippen LogP contribution in [0.25, 0.3) is 0 Å². The average Bonchev–Trinajstić information content (AvgIpc) is 2.53. The van der Waals surface area contributed by atoms with E-state index in [1.807, 2.05) is 31.2 Å². The molecule has 0 heterocycles. The fourth-order valence-corrected chi connectivity index (χ4v) is 2.74. The second-order valence-corrected chi connectivity index (χ2v) is 6.07. The number of alkyl carbamates (subject to hydrolysis) is 1. The van der Waals surface area contributed by atoms with Gasteiger partial charge in [0.15, 0.2) is 0 Å². The lowest BCUT2D eigenvalue weighted by Gasteiger charge is -2.16. The van der Waals surface area contributed by atoms with Crippen molar-refractivity contribution in [1.29, 1.82) is 0 Å². The maximum Gasteiger partial charge on any atom is 0.408 e. The van der Waals surface area contributed by atoms with Crippen molar-refractivity contribution in [2.75, 3.05) is 13.7 Å². The highest BCUT2D eigenvalue weighted by Crippen LogP contribution is 2.21. The summed E-state index contributed by atoms with van der Waals surface area (Å²) in [7, 11) is 1.60. The van der Waals surface area contributed by atoms with Gasteiger partial charge >= 0.3 is 12.1 Å². The first-order valence-corrected chi connectivity index (χ1v) is 8.49. The third-order valence-electron chi connectivity index (χ3n) is 2.98. The quantitative estimate of drug-likeness (QED) is 0.502. The van der Waals surface area contributed by atoms with Crippen LogP contribution >= 0.6 is 11.8 Å². The molecule has 1 aromatic rings. The minimum atomic E-state index is -0.967. The zero-order chi connectivity index (χ0) is 17.1. The van der Waals surface area contributed by atoms with E-state index in [9.17, 15) is 9.59 Å². The number of unbranched alkanes of at least 4 members (excludes halogenated alkanes) is 1. The van der Waals surface area contributed by atoms with Crippen LogP contribution < -0.4 is 10.1 Å². The van der Waals surface area contributed by atoms with Gasteiger partial charge in [-0.25, -0.2) is 4.79 Å². The Balaban J connectivity index is 2.49. The SMILES string of the molecule is CCCCOC(=O)NC(CC(=O)O)SCc1ccc(OC)cc1. The Morgan fingerprint density at radius 1 is 1.30 bits per heavy atom. The second kappa shape index (κ2) is 10.8. The van der Waals surface area contributed by atoms with E-state index in [0.29, 0.717) is 12.4 Å². The van der Waals surface area contributed by atoms with Gasteiger partial charge < -0.3 is 19.9 Å². The van der Waals surface area contributed by atoms with Crippen LogP contribution in [0.4, 0.5) is 4.79 Å². The number of carbonyl (C=O) groups is 2. The highest BCUT2D eigenvalue weighted by molar-refractivity contribution is 7.99. The normalized spacial score (nSPS) is 11.6. The molecule has 6 nitrogen and oxygen atoms in total. The van der Waals surface area contributed by atoms with Gasteiger partial charge in [-0.15, -0.1) is 11.8 Å². The van der Waals surface area contributed by atoms with Gasteiger partial charge in [-0.3, -0.25) is 4.79 Å². The molecule has 0 aromatic heterocycles. The molecule has 0 fully saturated rings. The van der Waals surface area contributed by atoms with Crippen molar-refractivity contribution >= 4 is 23.8 Å². The first-order chi connectivity index (χ1) is 11.0. The summed E-state index contributed by atoms with van der Waals surface area (Å²) in [6, 6.07) is 7.50. The van der Waals surface area contributed by atoms with Gasteiger partial charge in [-0.2, -0.15) is 0 Å². The molecule has 1 amide bonds. The number of methoxy groups -OCH3 is 1. The molecule has 1 aromatic carbocycles. The van der Waals surface area contributed by atoms with Gasteiger partial charge in [0.2, 0.25) is 0 Å². The largest absolute Gasteiger partial charge is 0.497 e. The molecule has 0 aliphatic heterocycles. The molecule has 1 unspecified atom stereocenters. The fourth-order valence-electron chi connectivity index (χ4n) is 1.71. The number of rotatable bonds is 10. The van der Waals surface area contributed by atoms with Gasteiger partial charge in [0.05, 0.1) is 25.5 Å². The van der Waals surface area contributed by atoms with E-state index in [4.69, 9.17) is 14.6 Å². The van der Waals surface area contributed by atoms with Crippen molar-refractivity contribution in [3.8, 4) is 5.75 Å². The first kappa shape index (κ1) is 19.2. The summed E-state index contributed by atoms with van der Waals surface area (Å²) in [6.07, 6.45) is 0.976. The number of thioether (sulfide) groups is 1. The molecule has 0 saturated carbocycles. The molecular formula is C16H23NO5S. The van der Waals surface area contributed by atoms with Crippen molar-refractivity contribution < 1.29 is 24.2 Å². The Morgan fingerprint density at radius 2 is 2.00 bits per heavy atom. The number of amides is 1. The smallest absolute Gasteiger partial charge is 0.408 e. The molecule has 23 heavy (non-hydrogen) atoms. The molecule has 0 spiro atoms. The summed E-state index contributed by atoms with van der Waals surface area (Å²) in [5.41, 5.74) is 1.02. The van der Waals surface area contributed by atoms with Crippen LogP contribution in [0.15, 0.2) is 24.3 Å². The molecule has 0 radical (unpaired) electrons. The van der Waals surface area contributed by atoms with E-state index >= 15 is 0 Å². The molecule has 128 valence electrons. The Morgan fingerprint density at radius 3 is 2.57 bits per heavy atom. The van der Waals surface area contributed by atoms with E-state index in [1.54, 1.807) is 7.11 Å². The van der Waals surface area contributed by atoms with Gasteiger partial charge in [-0.05, 0) is 24.1 Å². The Bertz CT molecular complexity index is 492. The van der Waals surface area contributed by atoms with Crippen LogP contribution in [0.1, 0.15) is 31.7 Å². The molecular weight excluding hydrogens is 318 g/mol. The maximum absolute atomic E-state index is 11.6. The number of nitrogens with one attached hydrogen (secondary N) is 1. The summed E-state index contributed by atoms with van der Waals surface area (Å²) in [6.45, 7) is 2.34. The highest BCUT2D eigenvalue weighted by Gasteiger charge is 2.17. The minimum absolute atomic E-state index is 0.163. The van der Waals surface area contributed by atoms with Gasteiger partial charge in [0, 0.05) is 5.75 Å². The summed E-state index contributed by atoms with van der Waals surface area (Å²) < 4.78 is 10.1. The first-order valence-electron chi connectivity index (χ1n) is 7.44. The molecule has 0 bridgehead atoms. The van der Waals surface area contributed by atoms with E-state index in [0.717, 1.165) is 24.2 Å². The van der Waals surface area contributed by atoms with Gasteiger partial charge in [0.1, 0.15) is 5.75 Å². The number of aliphatic carboxylic acids is 1. The third-order valence-corrected chi connectivity index (χ3v) is 4.17. The van der Waals surface area contributed by atoms with E-state index < -0.39 is 17.4 Å². The predicted octanol–water partition coefficient (Wildman–Crippen LogP) is 3.26. The zero-order valence-electron chi connectivity index (χ0n) is 13.4. The fraction of sp³-hybridized carbons (Fsp3) is 0.500. The lowest BCUT2D eigenvalue weighted by Crippen LogP contribution is -2.35. The van der Waals surface area contributed by atoms with Crippen LogP contribution in [0, 0.1) is 0 Å². The molecule has 0 aliphatic carbocycles. The Hall–Kier alpha value is -1.89. The summed E-state index contributed by atoms with van der Waals surface area (Å²) >= 11 is 1.35. The van der Waals surface area contributed by atoms with Crippen molar-refractivity contribution in [2.45, 2.75) is 37.3 Å². The molecule has 1 rings (SSSR count). The molecule has 2 N–H and O–H groups in total. The van der Waals surface area contributed by atoms with Gasteiger partial charge in [-0.1, -0.05) is 25.5 Å². The van der Waals surface area contributed by atoms with Crippen LogP contribution in [0.3, 0.4) is 0 Å². The molecule has 0 saturated heterocycles. The van der Waals surface area contributed by atoms with Crippen molar-refractivity contribution in [3.05, 3.63) is 29.8 Å². The number of ether oxygens (including phenoxy) is 2. The van der Waals surface area contributed by atoms with E-state index in [-0.39, 0.29) is 6.42 Å². The molecule has 7 heteroatoms. The van der Waals surface area contributed by atoms with Crippen LogP contribution in [0.2, 0.25) is 0 Å². The topological polar surface area (TPSA) is 84.9 Å². The number of carbonyl (C=O) groups excluding carboxylic acids is 1. The lowest BCUT2D eigenvalue weighted by atomic mass is 10.2. The highest BCUT2D eigenvalue weighted by atomic mass is 32.2. The van der Waals surface area contributed by atoms with Crippen molar-refractivity contribution in [2.24, 2.45) is 0 Å². The number of benzene rings is 1. The van der Waals surface area contributed by atoms with Crippen LogP contribution in [-0.4, -0.2) is 36.3 Å². The third kappa shape index (κ3) is 8.35. The summed E-state index contributed by atoms with van der Waals surface area (Å²) in [4.78, 5) is 22.6. The summed E-state index contributed by atoms with van der Waals surface area (Å²) in [5.74, 6) is 0.376. The minimum Gasteiger partial charge on any atom is -0.497 e. The number of carboxylic acid groups (broad SMARTS) is 1. The lowest BCUT2D eigenvalue weighted by molar-refractivity contribution is -0.137. The Kier molecular flexibility index (Phi) is 8.97. The average molecular weight is 341 g/mol. The van der Waals surface area contributed by atoms with Crippen LogP contribution in [0.5, 0.6) is 5.75 Å². The van der Waals surface area contributed by atoms with Crippen molar-refractivity contribution in [1.82, 2.24) is 5.32 Å². The number of hydrogen-bond donors (Lipinski definition) is 2.